The number of aliphatic carboxylic acids is 2. The molecule has 1 aliphatic rings. The monoisotopic (exact) mass is 441 g/mol. The lowest BCUT2D eigenvalue weighted by Crippen LogP contribution is -2.44. The third-order valence-corrected chi connectivity index (χ3v) is 5.83. The second-order valence-electron chi connectivity index (χ2n) is 5.85. The summed E-state index contributed by atoms with van der Waals surface area (Å²) < 4.78 is 5.48. The van der Waals surface area contributed by atoms with Gasteiger partial charge in [-0.3, -0.25) is 9.69 Å². The summed E-state index contributed by atoms with van der Waals surface area (Å²) in [7, 11) is 0. The van der Waals surface area contributed by atoms with Crippen LogP contribution in [-0.4, -0.2) is 61.4 Å². The van der Waals surface area contributed by atoms with Crippen LogP contribution in [0, 0.1) is 0 Å². The lowest BCUT2D eigenvalue weighted by atomic mass is 10.1. The number of carbonyl (C=O) groups is 3. The zero-order chi connectivity index (χ0) is 20.8. The Kier molecular flexibility index (Phi) is 7.90. The number of carboxylic acid groups (broad SMARTS) is 2. The highest BCUT2D eigenvalue weighted by atomic mass is 32.2. The molecular weight excluding hydrogens is 422 g/mol. The van der Waals surface area contributed by atoms with Crippen LogP contribution in [0.3, 0.4) is 0 Å². The molecule has 0 aromatic heterocycles. The van der Waals surface area contributed by atoms with Gasteiger partial charge < -0.3 is 14.9 Å². The normalized spacial score (nSPS) is 17.6. The third-order valence-electron chi connectivity index (χ3n) is 3.85. The van der Waals surface area contributed by atoms with E-state index in [0.29, 0.717) is 28.4 Å². The van der Waals surface area contributed by atoms with Crippen LogP contribution in [0.15, 0.2) is 29.2 Å². The highest BCUT2D eigenvalue weighted by Crippen LogP contribution is 2.35. The van der Waals surface area contributed by atoms with E-state index in [2.05, 4.69) is 0 Å². The minimum atomic E-state index is -1.08. The van der Waals surface area contributed by atoms with Crippen molar-refractivity contribution in [2.75, 3.05) is 12.0 Å². The molecule has 1 heterocycles. The number of rotatable bonds is 9. The van der Waals surface area contributed by atoms with Gasteiger partial charge in [0.2, 0.25) is 0 Å². The van der Waals surface area contributed by atoms with E-state index in [0.717, 1.165) is 16.7 Å². The van der Waals surface area contributed by atoms with Crippen LogP contribution in [0.4, 0.5) is 0 Å². The lowest BCUT2D eigenvalue weighted by Gasteiger charge is -2.22. The van der Waals surface area contributed by atoms with Gasteiger partial charge in [0, 0.05) is 0 Å². The SMILES string of the molecule is CSCCC(C(=O)O)N1C(=O)/C(=C/c2ccc(OC(C)C(=O)O)cc2)SC1=S. The molecule has 0 saturated carbocycles. The molecule has 1 aromatic carbocycles. The molecule has 0 spiro atoms. The first kappa shape index (κ1) is 22.3. The van der Waals surface area contributed by atoms with Gasteiger partial charge in [0.15, 0.2) is 6.10 Å². The fourth-order valence-electron chi connectivity index (χ4n) is 2.39. The molecule has 10 heteroatoms. The van der Waals surface area contributed by atoms with E-state index in [1.54, 1.807) is 30.3 Å². The molecule has 1 amide bonds. The van der Waals surface area contributed by atoms with Crippen molar-refractivity contribution in [3.63, 3.8) is 0 Å². The average molecular weight is 442 g/mol. The molecule has 2 unspecified atom stereocenters. The van der Waals surface area contributed by atoms with Gasteiger partial charge in [-0.2, -0.15) is 11.8 Å². The number of hydrogen-bond donors (Lipinski definition) is 2. The molecule has 2 atom stereocenters. The smallest absolute Gasteiger partial charge is 0.344 e. The van der Waals surface area contributed by atoms with Crippen LogP contribution in [0.2, 0.25) is 0 Å². The lowest BCUT2D eigenvalue weighted by molar-refractivity contribution is -0.145. The number of benzene rings is 1. The van der Waals surface area contributed by atoms with Crippen molar-refractivity contribution in [1.29, 1.82) is 0 Å². The first-order chi connectivity index (χ1) is 13.2. The molecule has 0 radical (unpaired) electrons. The van der Waals surface area contributed by atoms with E-state index < -0.39 is 30.0 Å². The molecule has 0 bridgehead atoms. The summed E-state index contributed by atoms with van der Waals surface area (Å²) in [5.41, 5.74) is 0.687. The summed E-state index contributed by atoms with van der Waals surface area (Å²) in [5, 5.41) is 18.3. The summed E-state index contributed by atoms with van der Waals surface area (Å²) >= 11 is 7.80. The fourth-order valence-corrected chi connectivity index (χ4v) is 4.21. The van der Waals surface area contributed by atoms with Gasteiger partial charge in [-0.1, -0.05) is 36.1 Å². The van der Waals surface area contributed by atoms with Crippen LogP contribution in [-0.2, 0) is 14.4 Å². The largest absolute Gasteiger partial charge is 0.480 e. The molecular formula is C18H19NO6S3. The zero-order valence-corrected chi connectivity index (χ0v) is 17.6. The van der Waals surface area contributed by atoms with Gasteiger partial charge in [0.1, 0.15) is 16.1 Å². The van der Waals surface area contributed by atoms with Crippen molar-refractivity contribution in [1.82, 2.24) is 4.90 Å². The molecule has 2 N–H and O–H groups in total. The van der Waals surface area contributed by atoms with E-state index in [1.165, 1.54) is 18.7 Å². The summed E-state index contributed by atoms with van der Waals surface area (Å²) in [6.07, 6.45) is 2.82. The molecule has 1 saturated heterocycles. The number of nitrogens with zero attached hydrogens (tertiary/aromatic N) is 1. The van der Waals surface area contributed by atoms with Crippen LogP contribution >= 0.6 is 35.7 Å². The third kappa shape index (κ3) is 5.49. The van der Waals surface area contributed by atoms with Gasteiger partial charge in [-0.05, 0) is 49.1 Å². The number of ether oxygens (including phenoxy) is 1. The Morgan fingerprint density at radius 3 is 2.46 bits per heavy atom. The molecule has 1 aromatic rings. The Bertz CT molecular complexity index is 808. The summed E-state index contributed by atoms with van der Waals surface area (Å²) in [6.45, 7) is 1.43. The van der Waals surface area contributed by atoms with Crippen LogP contribution in [0.5, 0.6) is 5.75 Å². The summed E-state index contributed by atoms with van der Waals surface area (Å²) in [6, 6.07) is 5.58. The molecule has 2 rings (SSSR count). The number of amides is 1. The van der Waals surface area contributed by atoms with Gasteiger partial charge in [0.05, 0.1) is 4.91 Å². The van der Waals surface area contributed by atoms with Gasteiger partial charge >= 0.3 is 11.9 Å². The van der Waals surface area contributed by atoms with Crippen LogP contribution < -0.4 is 4.74 Å². The minimum Gasteiger partial charge on any atom is -0.480 e. The van der Waals surface area contributed by atoms with Crippen molar-refractivity contribution < 1.29 is 29.3 Å². The summed E-state index contributed by atoms with van der Waals surface area (Å²) in [4.78, 5) is 36.6. The highest BCUT2D eigenvalue weighted by Gasteiger charge is 2.40. The van der Waals surface area contributed by atoms with Gasteiger partial charge in [-0.25, -0.2) is 9.59 Å². The number of thiocarbonyl (C=S) groups is 1. The Hall–Kier alpha value is -2.04. The van der Waals surface area contributed by atoms with E-state index in [1.807, 2.05) is 6.26 Å². The second-order valence-corrected chi connectivity index (χ2v) is 8.52. The van der Waals surface area contributed by atoms with Gasteiger partial charge in [-0.15, -0.1) is 0 Å². The van der Waals surface area contributed by atoms with Crippen molar-refractivity contribution in [3.8, 4) is 5.75 Å². The highest BCUT2D eigenvalue weighted by molar-refractivity contribution is 8.26. The molecule has 7 nitrogen and oxygen atoms in total. The number of thioether (sulfide) groups is 2. The Labute approximate surface area is 176 Å². The molecule has 150 valence electrons. The summed E-state index contributed by atoms with van der Waals surface area (Å²) in [5.74, 6) is -1.59. The Morgan fingerprint density at radius 2 is 1.93 bits per heavy atom. The maximum atomic E-state index is 12.7. The van der Waals surface area contributed by atoms with E-state index >= 15 is 0 Å². The Balaban J connectivity index is 2.16. The van der Waals surface area contributed by atoms with E-state index in [-0.39, 0.29) is 4.32 Å². The second kappa shape index (κ2) is 9.94. The standard InChI is InChI=1S/C18H19NO6S3/c1-10(16(21)22)25-12-5-3-11(4-6-12)9-14-15(20)19(18(26)28-14)13(17(23)24)7-8-27-2/h3-6,9-10,13H,7-8H2,1-2H3,(H,21,22)(H,23,24)/b14-9-. The first-order valence-electron chi connectivity index (χ1n) is 8.23. The number of hydrogen-bond acceptors (Lipinski definition) is 7. The Morgan fingerprint density at radius 1 is 1.29 bits per heavy atom. The minimum absolute atomic E-state index is 0.222. The molecule has 1 fully saturated rings. The van der Waals surface area contributed by atoms with E-state index in [9.17, 15) is 19.5 Å². The van der Waals surface area contributed by atoms with Gasteiger partial charge in [0.25, 0.3) is 5.91 Å². The van der Waals surface area contributed by atoms with Crippen LogP contribution in [0.25, 0.3) is 6.08 Å². The average Bonchev–Trinajstić information content (AvgIpc) is 2.91. The fraction of sp³-hybridized carbons (Fsp3) is 0.333. The number of carbonyl (C=O) groups excluding carboxylic acids is 1. The predicted octanol–water partition coefficient (Wildman–Crippen LogP) is 2.95. The number of carboxylic acids is 2. The van der Waals surface area contributed by atoms with Crippen molar-refractivity contribution in [3.05, 3.63) is 34.7 Å². The maximum Gasteiger partial charge on any atom is 0.344 e. The van der Waals surface area contributed by atoms with Crippen LogP contribution in [0.1, 0.15) is 18.9 Å². The molecule has 28 heavy (non-hydrogen) atoms. The quantitative estimate of drug-likeness (QED) is 0.442. The van der Waals surface area contributed by atoms with E-state index in [4.69, 9.17) is 22.1 Å². The predicted molar refractivity (Wildman–Crippen MR) is 114 cm³/mol. The van der Waals surface area contributed by atoms with Crippen molar-refractivity contribution >= 4 is 64.0 Å². The van der Waals surface area contributed by atoms with Crippen molar-refractivity contribution in [2.45, 2.75) is 25.5 Å². The molecule has 1 aliphatic heterocycles. The first-order valence-corrected chi connectivity index (χ1v) is 10.8. The maximum absolute atomic E-state index is 12.7. The zero-order valence-electron chi connectivity index (χ0n) is 15.2. The van der Waals surface area contributed by atoms with Crippen molar-refractivity contribution in [2.24, 2.45) is 0 Å². The topological polar surface area (TPSA) is 104 Å². The molecule has 0 aliphatic carbocycles.